The zero-order valence-corrected chi connectivity index (χ0v) is 19.6. The zero-order chi connectivity index (χ0) is 20.4. The first-order chi connectivity index (χ1) is 10.8. The number of aliphatic hydroxyl groups is 2. The van der Waals surface area contributed by atoms with Gasteiger partial charge in [-0.2, -0.15) is 0 Å². The molecule has 3 atom stereocenters. The van der Waals surface area contributed by atoms with Crippen LogP contribution in [0.15, 0.2) is 0 Å². The van der Waals surface area contributed by atoms with Crippen molar-refractivity contribution in [3.8, 4) is 0 Å². The molecule has 0 aliphatic carbocycles. The number of rotatable bonds is 8. The Bertz CT molecular complexity index is 515. The third-order valence-electron chi connectivity index (χ3n) is 5.06. The molecule has 152 valence electrons. The summed E-state index contributed by atoms with van der Waals surface area (Å²) in [5.41, 5.74) is 0. The van der Waals surface area contributed by atoms with Crippen molar-refractivity contribution in [1.82, 2.24) is 0 Å². The van der Waals surface area contributed by atoms with Gasteiger partial charge in [-0.05, 0) is 51.2 Å². The Morgan fingerprint density at radius 1 is 1.00 bits per heavy atom. The Hall–Kier alpha value is 0.0469. The quantitative estimate of drug-likeness (QED) is 0.615. The molecule has 0 aromatic carbocycles. The second-order valence-electron chi connectivity index (χ2n) is 10.00. The number of hydrogen-bond acceptors (Lipinski definition) is 5. The first-order valence-electron chi connectivity index (χ1n) is 9.08. The summed E-state index contributed by atoms with van der Waals surface area (Å²) < 4.78 is 30.7. The van der Waals surface area contributed by atoms with Crippen LogP contribution < -0.4 is 0 Å². The van der Waals surface area contributed by atoms with E-state index in [0.717, 1.165) is 0 Å². The van der Waals surface area contributed by atoms with Gasteiger partial charge >= 0.3 is 0 Å². The molecule has 7 heteroatoms. The minimum atomic E-state index is -3.50. The lowest BCUT2D eigenvalue weighted by molar-refractivity contribution is -0.0524. The largest absolute Gasteiger partial charge is 0.410 e. The molecule has 0 aliphatic heterocycles. The second-order valence-corrected chi connectivity index (χ2v) is 17.5. The predicted octanol–water partition coefficient (Wildman–Crippen LogP) is 3.36. The molecule has 0 bridgehead atoms. The van der Waals surface area contributed by atoms with Crippen molar-refractivity contribution < 1.29 is 23.1 Å². The van der Waals surface area contributed by atoms with Crippen LogP contribution in [0.4, 0.5) is 0 Å². The maximum atomic E-state index is 12.7. The van der Waals surface area contributed by atoms with Crippen LogP contribution in [0.25, 0.3) is 0 Å². The van der Waals surface area contributed by atoms with Crippen LogP contribution in [0.5, 0.6) is 0 Å². The molecule has 0 radical (unpaired) electrons. The van der Waals surface area contributed by atoms with E-state index < -0.39 is 41.2 Å². The Balaban J connectivity index is 5.68. The molecule has 0 heterocycles. The third-order valence-corrected chi connectivity index (χ3v) is 12.2. The van der Waals surface area contributed by atoms with E-state index in [0.29, 0.717) is 6.42 Å². The zero-order valence-electron chi connectivity index (χ0n) is 17.8. The van der Waals surface area contributed by atoms with Crippen LogP contribution in [0.1, 0.15) is 61.8 Å². The highest BCUT2D eigenvalue weighted by Crippen LogP contribution is 2.38. The highest BCUT2D eigenvalue weighted by atomic mass is 32.2. The van der Waals surface area contributed by atoms with E-state index in [1.807, 2.05) is 26.9 Å². The maximum absolute atomic E-state index is 12.7. The number of sulfone groups is 1. The van der Waals surface area contributed by atoms with Gasteiger partial charge in [0.2, 0.25) is 0 Å². The fourth-order valence-electron chi connectivity index (χ4n) is 2.09. The van der Waals surface area contributed by atoms with Crippen molar-refractivity contribution in [2.75, 3.05) is 5.75 Å². The molecule has 0 spiro atoms. The van der Waals surface area contributed by atoms with Crippen molar-refractivity contribution in [3.05, 3.63) is 0 Å². The van der Waals surface area contributed by atoms with Gasteiger partial charge in [0.05, 0.1) is 22.7 Å². The Morgan fingerprint density at radius 2 is 1.44 bits per heavy atom. The fourth-order valence-corrected chi connectivity index (χ4v) is 4.75. The smallest absolute Gasteiger partial charge is 0.192 e. The molecule has 2 N–H and O–H groups in total. The third kappa shape index (κ3) is 7.29. The lowest BCUT2D eigenvalue weighted by atomic mass is 9.99. The summed E-state index contributed by atoms with van der Waals surface area (Å²) in [5.74, 6) is -0.100. The average Bonchev–Trinajstić information content (AvgIpc) is 2.32. The molecule has 5 nitrogen and oxygen atoms in total. The summed E-state index contributed by atoms with van der Waals surface area (Å²) in [6, 6.07) is 0. The fraction of sp³-hybridized carbons (Fsp3) is 1.00. The first-order valence-corrected chi connectivity index (χ1v) is 13.6. The summed E-state index contributed by atoms with van der Waals surface area (Å²) >= 11 is 0. The van der Waals surface area contributed by atoms with Gasteiger partial charge in [-0.1, -0.05) is 34.6 Å². The van der Waals surface area contributed by atoms with Gasteiger partial charge in [0.15, 0.2) is 18.2 Å². The summed E-state index contributed by atoms with van der Waals surface area (Å²) in [4.78, 5) is 0. The molecule has 0 saturated heterocycles. The van der Waals surface area contributed by atoms with Crippen LogP contribution in [-0.2, 0) is 14.3 Å². The van der Waals surface area contributed by atoms with E-state index in [4.69, 9.17) is 4.43 Å². The summed E-state index contributed by atoms with van der Waals surface area (Å²) in [7, 11) is -5.81. The Kier molecular flexibility index (Phi) is 8.39. The van der Waals surface area contributed by atoms with E-state index in [9.17, 15) is 18.6 Å². The highest BCUT2D eigenvalue weighted by molar-refractivity contribution is 7.92. The van der Waals surface area contributed by atoms with Gasteiger partial charge in [-0.25, -0.2) is 8.42 Å². The monoisotopic (exact) mass is 396 g/mol. The van der Waals surface area contributed by atoms with E-state index in [2.05, 4.69) is 20.8 Å². The SMILES string of the molecule is CC(C)C[C@@H](O)[C@@H](O)[C@@H](CS(=O)(=O)C(C)(C)C)O[Si](C)(C)C(C)(C)C. The van der Waals surface area contributed by atoms with E-state index in [-0.39, 0.29) is 16.7 Å². The van der Waals surface area contributed by atoms with Gasteiger partial charge in [-0.15, -0.1) is 0 Å². The molecule has 0 rings (SSSR count). The molecule has 0 aliphatic rings. The van der Waals surface area contributed by atoms with Gasteiger partial charge in [-0.3, -0.25) is 0 Å². The van der Waals surface area contributed by atoms with Gasteiger partial charge in [0.25, 0.3) is 0 Å². The van der Waals surface area contributed by atoms with Crippen LogP contribution in [0.3, 0.4) is 0 Å². The lowest BCUT2D eigenvalue weighted by Gasteiger charge is -2.41. The van der Waals surface area contributed by atoms with Gasteiger partial charge in [0.1, 0.15) is 6.10 Å². The van der Waals surface area contributed by atoms with Gasteiger partial charge < -0.3 is 14.6 Å². The topological polar surface area (TPSA) is 83.8 Å². The molecule has 0 aromatic heterocycles. The first kappa shape index (κ1) is 25.0. The summed E-state index contributed by atoms with van der Waals surface area (Å²) in [6.07, 6.45) is -2.77. The van der Waals surface area contributed by atoms with Gasteiger partial charge in [0, 0.05) is 0 Å². The number of aliphatic hydroxyl groups excluding tert-OH is 2. The van der Waals surface area contributed by atoms with Crippen LogP contribution in [0.2, 0.25) is 18.1 Å². The summed E-state index contributed by atoms with van der Waals surface area (Å²) in [5, 5.41) is 20.9. The minimum Gasteiger partial charge on any atom is -0.410 e. The Morgan fingerprint density at radius 3 is 1.76 bits per heavy atom. The van der Waals surface area contributed by atoms with Crippen molar-refractivity contribution in [2.45, 2.75) is 103 Å². The lowest BCUT2D eigenvalue weighted by Crippen LogP contribution is -2.53. The number of hydrogen-bond donors (Lipinski definition) is 2. The van der Waals surface area contributed by atoms with Crippen LogP contribution >= 0.6 is 0 Å². The molecule has 0 aromatic rings. The standard InChI is InChI=1S/C18H40O5SSi/c1-13(2)11-14(19)16(20)15(12-24(21,22)17(3,4)5)23-25(9,10)18(6,7)8/h13-16,19-20H,11-12H2,1-10H3/t14-,15-,16-/m1/s1. The average molecular weight is 397 g/mol. The van der Waals surface area contributed by atoms with Crippen molar-refractivity contribution in [2.24, 2.45) is 5.92 Å². The second kappa shape index (κ2) is 8.38. The molecule has 0 saturated carbocycles. The Labute approximate surface area is 156 Å². The molecular weight excluding hydrogens is 356 g/mol. The van der Waals surface area contributed by atoms with Crippen molar-refractivity contribution in [1.29, 1.82) is 0 Å². The van der Waals surface area contributed by atoms with Crippen LogP contribution in [0, 0.1) is 5.92 Å². The molecule has 0 unspecified atom stereocenters. The maximum Gasteiger partial charge on any atom is 0.192 e. The molecule has 25 heavy (non-hydrogen) atoms. The minimum absolute atomic E-state index is 0.126. The molecule has 0 fully saturated rings. The van der Waals surface area contributed by atoms with E-state index in [1.165, 1.54) is 0 Å². The normalized spacial score (nSPS) is 18.3. The van der Waals surface area contributed by atoms with E-state index >= 15 is 0 Å². The highest BCUT2D eigenvalue weighted by Gasteiger charge is 2.44. The van der Waals surface area contributed by atoms with Crippen molar-refractivity contribution in [3.63, 3.8) is 0 Å². The van der Waals surface area contributed by atoms with Crippen molar-refractivity contribution >= 4 is 18.2 Å². The van der Waals surface area contributed by atoms with Crippen LogP contribution in [-0.4, -0.2) is 55.8 Å². The summed E-state index contributed by atoms with van der Waals surface area (Å²) in [6.45, 7) is 19.0. The molecule has 0 amide bonds. The van der Waals surface area contributed by atoms with E-state index in [1.54, 1.807) is 20.8 Å². The molecular formula is C18H40O5SSi. The predicted molar refractivity (Wildman–Crippen MR) is 107 cm³/mol.